The van der Waals surface area contributed by atoms with E-state index in [1.165, 1.54) is 6.92 Å². The number of hydrogen-bond donors (Lipinski definition) is 2. The average molecular weight is 581 g/mol. The highest BCUT2D eigenvalue weighted by molar-refractivity contribution is 5.56. The Morgan fingerprint density at radius 3 is 2.83 bits per heavy atom. The van der Waals surface area contributed by atoms with Gasteiger partial charge in [-0.15, -0.1) is 0 Å². The van der Waals surface area contributed by atoms with Crippen LogP contribution in [0.1, 0.15) is 59.7 Å². The Balaban J connectivity index is 1.25. The molecule has 5 unspecified atom stereocenters. The predicted octanol–water partition coefficient (Wildman–Crippen LogP) is 3.84. The van der Waals surface area contributed by atoms with Crippen molar-refractivity contribution >= 4 is 11.5 Å². The van der Waals surface area contributed by atoms with Gasteiger partial charge >= 0.3 is 12.2 Å². The van der Waals surface area contributed by atoms with E-state index in [-0.39, 0.29) is 42.9 Å². The van der Waals surface area contributed by atoms with Crippen LogP contribution in [-0.4, -0.2) is 71.4 Å². The van der Waals surface area contributed by atoms with Gasteiger partial charge in [-0.05, 0) is 44.4 Å². The highest BCUT2D eigenvalue weighted by atomic mass is 19.4. The number of piperazine rings is 1. The van der Waals surface area contributed by atoms with E-state index in [0.717, 1.165) is 45.0 Å². The first-order chi connectivity index (χ1) is 19.5. The minimum absolute atomic E-state index is 0.0806. The van der Waals surface area contributed by atoms with Gasteiger partial charge in [-0.1, -0.05) is 0 Å². The lowest BCUT2D eigenvalue weighted by Crippen LogP contribution is -2.45. The molecule has 5 aliphatic rings. The van der Waals surface area contributed by atoms with Crippen molar-refractivity contribution in [3.8, 4) is 6.01 Å². The number of rotatable bonds is 5. The summed E-state index contributed by atoms with van der Waals surface area (Å²) in [5.74, 6) is -0.499. The van der Waals surface area contributed by atoms with E-state index in [2.05, 4.69) is 20.1 Å². The van der Waals surface area contributed by atoms with E-state index >= 15 is 4.39 Å². The van der Waals surface area contributed by atoms with E-state index in [0.29, 0.717) is 36.1 Å². The van der Waals surface area contributed by atoms with Gasteiger partial charge in [0.15, 0.2) is 5.82 Å². The molecule has 2 bridgehead atoms. The number of hydrogen-bond acceptors (Lipinski definition) is 8. The number of ether oxygens (including phenoxy) is 2. The number of nitrogens with one attached hydrogen (secondary N) is 1. The molecule has 0 radical (unpaired) electrons. The number of alkyl halides is 4. The number of nitrogens with zero attached hydrogens (tertiary/aromatic N) is 4. The van der Waals surface area contributed by atoms with Crippen molar-refractivity contribution in [2.45, 2.75) is 81.7 Å². The first kappa shape index (κ1) is 27.1. The Morgan fingerprint density at radius 1 is 1.27 bits per heavy atom. The van der Waals surface area contributed by atoms with Crippen LogP contribution in [-0.2, 0) is 23.9 Å². The topological polar surface area (TPSA) is 88.8 Å². The Morgan fingerprint density at radius 2 is 2.10 bits per heavy atom. The molecule has 6 heterocycles. The third-order valence-electron chi connectivity index (χ3n) is 9.55. The third-order valence-corrected chi connectivity index (χ3v) is 9.55. The second-order valence-corrected chi connectivity index (χ2v) is 12.2. The Labute approximate surface area is 234 Å². The Bertz CT molecular complexity index is 1370. The molecule has 2 aromatic rings. The summed E-state index contributed by atoms with van der Waals surface area (Å²) in [7, 11) is 0. The van der Waals surface area contributed by atoms with Gasteiger partial charge in [0.1, 0.15) is 18.6 Å². The number of nitrogens with two attached hydrogens (primary N) is 1. The molecule has 4 saturated heterocycles. The first-order valence-electron chi connectivity index (χ1n) is 14.2. The van der Waals surface area contributed by atoms with E-state index in [1.54, 1.807) is 0 Å². The Kier molecular flexibility index (Phi) is 6.36. The first-order valence-corrected chi connectivity index (χ1v) is 14.2. The molecule has 0 saturated carbocycles. The lowest BCUT2D eigenvalue weighted by atomic mass is 9.91. The number of aryl methyl sites for hydroxylation is 1. The highest BCUT2D eigenvalue weighted by Gasteiger charge is 2.50. The molecule has 3 N–H and O–H groups in total. The number of aromatic nitrogens is 2. The van der Waals surface area contributed by atoms with E-state index in [1.807, 2.05) is 0 Å². The van der Waals surface area contributed by atoms with Crippen molar-refractivity contribution < 1.29 is 31.4 Å². The van der Waals surface area contributed by atoms with Gasteiger partial charge in [0, 0.05) is 55.7 Å². The minimum atomic E-state index is -4.80. The van der Waals surface area contributed by atoms with Crippen molar-refractivity contribution in [2.24, 2.45) is 0 Å². The largest absolute Gasteiger partial charge is 0.461 e. The van der Waals surface area contributed by atoms with Crippen LogP contribution in [0.3, 0.4) is 0 Å². The summed E-state index contributed by atoms with van der Waals surface area (Å²) in [6.45, 7) is 4.12. The summed E-state index contributed by atoms with van der Waals surface area (Å²) < 4.78 is 84.1. The van der Waals surface area contributed by atoms with Crippen molar-refractivity contribution in [1.29, 1.82) is 0 Å². The fourth-order valence-electron chi connectivity index (χ4n) is 7.71. The van der Waals surface area contributed by atoms with E-state index in [9.17, 15) is 17.6 Å². The number of fused-ring (bicyclic) bond motifs is 4. The fraction of sp³-hybridized carbons (Fsp3) is 0.643. The predicted molar refractivity (Wildman–Crippen MR) is 140 cm³/mol. The van der Waals surface area contributed by atoms with Crippen LogP contribution in [0.15, 0.2) is 6.07 Å². The monoisotopic (exact) mass is 580 g/mol. The molecule has 222 valence electrons. The normalized spacial score (nSPS) is 31.1. The number of benzene rings is 1. The molecule has 7 rings (SSSR count). The van der Waals surface area contributed by atoms with Crippen LogP contribution in [0.4, 0.5) is 33.5 Å². The summed E-state index contributed by atoms with van der Waals surface area (Å²) in [6, 6.07) is 1.62. The molecule has 1 aromatic heterocycles. The van der Waals surface area contributed by atoms with Gasteiger partial charge in [-0.3, -0.25) is 4.90 Å². The van der Waals surface area contributed by atoms with E-state index in [4.69, 9.17) is 20.2 Å². The number of halogens is 5. The zero-order valence-corrected chi connectivity index (χ0v) is 22.7. The molecular weight excluding hydrogens is 547 g/mol. The van der Waals surface area contributed by atoms with Gasteiger partial charge in [0.05, 0.1) is 35.2 Å². The van der Waals surface area contributed by atoms with Gasteiger partial charge < -0.3 is 25.4 Å². The molecule has 5 atom stereocenters. The Hall–Kier alpha value is -2.77. The zero-order valence-electron chi connectivity index (χ0n) is 22.7. The lowest BCUT2D eigenvalue weighted by Gasteiger charge is -2.35. The lowest BCUT2D eigenvalue weighted by molar-refractivity contribution is -0.140. The SMILES string of the molecule is Cc1cc(N)c(F)c(C2Cc3nc(OCC45CCCN4CC(F)C5)nc(N4CC5CC4CN5)c3CO2)c1C(F)(F)F. The molecule has 5 aliphatic heterocycles. The summed E-state index contributed by atoms with van der Waals surface area (Å²) in [5.41, 5.74) is 4.27. The van der Waals surface area contributed by atoms with Gasteiger partial charge in [0.2, 0.25) is 0 Å². The highest BCUT2D eigenvalue weighted by Crippen LogP contribution is 2.45. The number of nitrogen functional groups attached to an aromatic ring is 1. The maximum absolute atomic E-state index is 15.3. The zero-order chi connectivity index (χ0) is 28.7. The number of anilines is 2. The summed E-state index contributed by atoms with van der Waals surface area (Å²) in [5, 5.41) is 3.46. The van der Waals surface area contributed by atoms with Crippen LogP contribution in [0.2, 0.25) is 0 Å². The van der Waals surface area contributed by atoms with Crippen LogP contribution in [0.25, 0.3) is 0 Å². The van der Waals surface area contributed by atoms with Gasteiger partial charge in [-0.25, -0.2) is 8.78 Å². The van der Waals surface area contributed by atoms with Crippen molar-refractivity contribution in [3.63, 3.8) is 0 Å². The van der Waals surface area contributed by atoms with Crippen LogP contribution >= 0.6 is 0 Å². The molecule has 41 heavy (non-hydrogen) atoms. The maximum atomic E-state index is 15.3. The third kappa shape index (κ3) is 4.51. The van der Waals surface area contributed by atoms with Crippen molar-refractivity contribution in [2.75, 3.05) is 43.4 Å². The molecule has 13 heteroatoms. The standard InChI is InChI=1S/C28H33F5N6O2/c1-14-5-19(34)24(30)22(23(14)28(31,32)33)21-7-20-18(12-40-21)25(39-11-16-6-17(39)9-35-16)37-26(36-20)41-13-27-3-2-4-38(27)10-15(29)8-27/h5,15-17,21,35H,2-4,6-13,34H2,1H3. The molecule has 0 spiro atoms. The minimum Gasteiger partial charge on any atom is -0.461 e. The molecule has 8 nitrogen and oxygen atoms in total. The average Bonchev–Trinajstić information content (AvgIpc) is 3.69. The summed E-state index contributed by atoms with van der Waals surface area (Å²) in [6.07, 6.45) is -3.95. The molecule has 1 aromatic carbocycles. The second kappa shape index (κ2) is 9.63. The smallest absolute Gasteiger partial charge is 0.417 e. The van der Waals surface area contributed by atoms with Crippen LogP contribution in [0, 0.1) is 12.7 Å². The molecule has 0 amide bonds. The van der Waals surface area contributed by atoms with Crippen LogP contribution < -0.4 is 20.7 Å². The maximum Gasteiger partial charge on any atom is 0.417 e. The summed E-state index contributed by atoms with van der Waals surface area (Å²) in [4.78, 5) is 13.7. The second-order valence-electron chi connectivity index (χ2n) is 12.2. The molecule has 4 fully saturated rings. The van der Waals surface area contributed by atoms with Crippen LogP contribution in [0.5, 0.6) is 6.01 Å². The summed E-state index contributed by atoms with van der Waals surface area (Å²) >= 11 is 0. The van der Waals surface area contributed by atoms with Gasteiger partial charge in [-0.2, -0.15) is 23.1 Å². The van der Waals surface area contributed by atoms with Gasteiger partial charge in [0.25, 0.3) is 0 Å². The molecular formula is C28H33F5N6O2. The molecule has 0 aliphatic carbocycles. The fourth-order valence-corrected chi connectivity index (χ4v) is 7.71. The van der Waals surface area contributed by atoms with Crippen molar-refractivity contribution in [3.05, 3.63) is 39.8 Å². The van der Waals surface area contributed by atoms with Crippen molar-refractivity contribution in [1.82, 2.24) is 20.2 Å². The quantitative estimate of drug-likeness (QED) is 0.408. The van der Waals surface area contributed by atoms with E-state index < -0.39 is 40.9 Å².